The summed E-state index contributed by atoms with van der Waals surface area (Å²) >= 11 is 3.44. The highest BCUT2D eigenvalue weighted by Crippen LogP contribution is 2.19. The minimum atomic E-state index is -0.906. The van der Waals surface area contributed by atoms with E-state index in [1.165, 1.54) is 12.8 Å². The van der Waals surface area contributed by atoms with Crippen molar-refractivity contribution in [2.24, 2.45) is 11.8 Å². The van der Waals surface area contributed by atoms with Gasteiger partial charge in [-0.1, -0.05) is 87.1 Å². The highest BCUT2D eigenvalue weighted by atomic mass is 79.9. The van der Waals surface area contributed by atoms with E-state index in [4.69, 9.17) is 18.9 Å². The number of hydrogen-bond donors (Lipinski definition) is 0. The predicted octanol–water partition coefficient (Wildman–Crippen LogP) is 6.70. The van der Waals surface area contributed by atoms with Crippen LogP contribution in [0.3, 0.4) is 0 Å². The van der Waals surface area contributed by atoms with Crippen LogP contribution in [0.5, 0.6) is 0 Å². The van der Waals surface area contributed by atoms with Gasteiger partial charge in [0.1, 0.15) is 6.42 Å². The molecule has 8 nitrogen and oxygen atoms in total. The summed E-state index contributed by atoms with van der Waals surface area (Å²) in [6, 6.07) is 0. The van der Waals surface area contributed by atoms with E-state index in [1.807, 2.05) is 0 Å². The van der Waals surface area contributed by atoms with Gasteiger partial charge >= 0.3 is 23.9 Å². The Bertz CT molecular complexity index is 640. The van der Waals surface area contributed by atoms with Crippen molar-refractivity contribution in [3.63, 3.8) is 0 Å². The minimum Gasteiger partial charge on any atom is -0.466 e. The van der Waals surface area contributed by atoms with Crippen molar-refractivity contribution in [1.29, 1.82) is 0 Å². The Balaban J connectivity index is 4.77. The number of unbranched alkanes of at least 4 members (excludes halogenated alkanes) is 9. The van der Waals surface area contributed by atoms with E-state index < -0.39 is 36.2 Å². The van der Waals surface area contributed by atoms with Crippen LogP contribution in [0, 0.1) is 11.8 Å². The fraction of sp³-hybridized carbons (Fsp3) is 0.862. The first-order valence-corrected chi connectivity index (χ1v) is 15.7. The summed E-state index contributed by atoms with van der Waals surface area (Å²) in [5, 5.41) is 1.00. The van der Waals surface area contributed by atoms with E-state index in [-0.39, 0.29) is 32.3 Å². The third-order valence-electron chi connectivity index (χ3n) is 6.29. The van der Waals surface area contributed by atoms with Crippen LogP contribution in [0.25, 0.3) is 0 Å². The molecule has 0 N–H and O–H groups in total. The summed E-state index contributed by atoms with van der Waals surface area (Å²) in [6.45, 7) is 6.27. The van der Waals surface area contributed by atoms with Gasteiger partial charge < -0.3 is 18.9 Å². The number of alkyl halides is 1. The number of carbonyl (C=O) groups excluding carboxylic acids is 4. The smallest absolute Gasteiger partial charge is 0.320 e. The molecule has 9 heteroatoms. The summed E-state index contributed by atoms with van der Waals surface area (Å²) in [7, 11) is 0. The average Bonchev–Trinajstić information content (AvgIpc) is 2.88. The molecule has 0 spiro atoms. The van der Waals surface area contributed by atoms with Crippen LogP contribution in [0.4, 0.5) is 0 Å². The normalized spacial score (nSPS) is 12.4. The fourth-order valence-corrected chi connectivity index (χ4v) is 4.49. The van der Waals surface area contributed by atoms with E-state index in [2.05, 4.69) is 22.9 Å². The van der Waals surface area contributed by atoms with Crippen LogP contribution in [0.1, 0.15) is 117 Å². The molecule has 0 aromatic heterocycles. The molecule has 0 heterocycles. The maximum absolute atomic E-state index is 12.8. The predicted molar refractivity (Wildman–Crippen MR) is 151 cm³/mol. The molecule has 0 aromatic rings. The van der Waals surface area contributed by atoms with Crippen LogP contribution in [-0.4, -0.2) is 55.6 Å². The van der Waals surface area contributed by atoms with Crippen LogP contribution < -0.4 is 0 Å². The second-order valence-corrected chi connectivity index (χ2v) is 10.4. The minimum absolute atomic E-state index is 0.00951. The first-order valence-electron chi connectivity index (χ1n) is 14.6. The van der Waals surface area contributed by atoms with Gasteiger partial charge in [0.2, 0.25) is 0 Å². The SMILES string of the molecule is CCCCCCCCC(C(=O)OCC)C(=O)OCCC(CCCCCCCBr)COC(=O)CC(=O)OCC. The first kappa shape index (κ1) is 36.4. The second kappa shape index (κ2) is 25.6. The number of hydrogen-bond acceptors (Lipinski definition) is 8. The van der Waals surface area contributed by atoms with Crippen molar-refractivity contribution in [1.82, 2.24) is 0 Å². The maximum Gasteiger partial charge on any atom is 0.320 e. The fourth-order valence-electron chi connectivity index (χ4n) is 4.09. The molecular formula is C29H51BrO8. The summed E-state index contributed by atoms with van der Waals surface area (Å²) in [5.74, 6) is -3.22. The zero-order valence-electron chi connectivity index (χ0n) is 23.9. The Morgan fingerprint density at radius 3 is 1.79 bits per heavy atom. The molecule has 222 valence electrons. The summed E-state index contributed by atoms with van der Waals surface area (Å²) in [5.41, 5.74) is 0. The first-order chi connectivity index (χ1) is 18.4. The molecule has 0 rings (SSSR count). The molecule has 0 aliphatic rings. The lowest BCUT2D eigenvalue weighted by Crippen LogP contribution is -2.29. The van der Waals surface area contributed by atoms with Crippen LogP contribution >= 0.6 is 15.9 Å². The summed E-state index contributed by atoms with van der Waals surface area (Å²) in [4.78, 5) is 48.7. The Kier molecular flexibility index (Phi) is 24.5. The van der Waals surface area contributed by atoms with Crippen molar-refractivity contribution in [3.8, 4) is 0 Å². The lowest BCUT2D eigenvalue weighted by molar-refractivity contribution is -0.163. The van der Waals surface area contributed by atoms with Gasteiger partial charge in [-0.15, -0.1) is 0 Å². The van der Waals surface area contributed by atoms with Crippen LogP contribution in [0.2, 0.25) is 0 Å². The molecule has 2 unspecified atom stereocenters. The van der Waals surface area contributed by atoms with Crippen molar-refractivity contribution in [2.45, 2.75) is 117 Å². The van der Waals surface area contributed by atoms with Crippen LogP contribution in [0.15, 0.2) is 0 Å². The second-order valence-electron chi connectivity index (χ2n) is 9.59. The number of rotatable bonds is 25. The molecular weight excluding hydrogens is 556 g/mol. The number of halogens is 1. The van der Waals surface area contributed by atoms with E-state index in [0.717, 1.165) is 69.5 Å². The summed E-state index contributed by atoms with van der Waals surface area (Å²) < 4.78 is 20.7. The van der Waals surface area contributed by atoms with Gasteiger partial charge in [0, 0.05) is 5.33 Å². The van der Waals surface area contributed by atoms with E-state index in [0.29, 0.717) is 12.8 Å². The average molecular weight is 608 g/mol. The van der Waals surface area contributed by atoms with Crippen molar-refractivity contribution in [2.75, 3.05) is 31.8 Å². The van der Waals surface area contributed by atoms with Gasteiger partial charge in [-0.25, -0.2) is 0 Å². The van der Waals surface area contributed by atoms with E-state index in [1.54, 1.807) is 13.8 Å². The number of esters is 4. The van der Waals surface area contributed by atoms with Crippen molar-refractivity contribution in [3.05, 3.63) is 0 Å². The van der Waals surface area contributed by atoms with Gasteiger partial charge in [0.15, 0.2) is 5.92 Å². The Morgan fingerprint density at radius 2 is 1.16 bits per heavy atom. The molecule has 2 atom stereocenters. The number of carbonyl (C=O) groups is 4. The molecule has 0 amide bonds. The zero-order valence-corrected chi connectivity index (χ0v) is 25.5. The van der Waals surface area contributed by atoms with Gasteiger partial charge in [-0.3, -0.25) is 19.2 Å². The largest absolute Gasteiger partial charge is 0.466 e. The van der Waals surface area contributed by atoms with E-state index >= 15 is 0 Å². The highest BCUT2D eigenvalue weighted by Gasteiger charge is 2.29. The zero-order chi connectivity index (χ0) is 28.4. The lowest BCUT2D eigenvalue weighted by Gasteiger charge is -2.19. The molecule has 0 bridgehead atoms. The quantitative estimate of drug-likeness (QED) is 0.0371. The lowest BCUT2D eigenvalue weighted by atomic mass is 9.98. The molecule has 0 fully saturated rings. The van der Waals surface area contributed by atoms with Gasteiger partial charge in [-0.2, -0.15) is 0 Å². The molecule has 0 saturated carbocycles. The number of ether oxygens (including phenoxy) is 4. The molecule has 0 saturated heterocycles. The van der Waals surface area contributed by atoms with E-state index in [9.17, 15) is 19.2 Å². The Morgan fingerprint density at radius 1 is 0.605 bits per heavy atom. The third kappa shape index (κ3) is 20.3. The molecule has 0 aliphatic heterocycles. The maximum atomic E-state index is 12.8. The van der Waals surface area contributed by atoms with Gasteiger partial charge in [0.25, 0.3) is 0 Å². The molecule has 38 heavy (non-hydrogen) atoms. The molecule has 0 aromatic carbocycles. The Labute approximate surface area is 238 Å². The standard InChI is InChI=1S/C29H51BrO8/c1-4-7-8-9-12-15-18-25(28(33)36-6-3)29(34)37-21-19-24(17-14-11-10-13-16-20-30)23-38-27(32)22-26(31)35-5-2/h24-25H,4-23H2,1-3H3. The summed E-state index contributed by atoms with van der Waals surface area (Å²) in [6.07, 6.45) is 13.2. The topological polar surface area (TPSA) is 105 Å². The van der Waals surface area contributed by atoms with Gasteiger partial charge in [0.05, 0.1) is 26.4 Å². The third-order valence-corrected chi connectivity index (χ3v) is 6.85. The van der Waals surface area contributed by atoms with Crippen molar-refractivity contribution < 1.29 is 38.1 Å². The van der Waals surface area contributed by atoms with Crippen LogP contribution in [-0.2, 0) is 38.1 Å². The van der Waals surface area contributed by atoms with Crippen molar-refractivity contribution >= 4 is 39.8 Å². The highest BCUT2D eigenvalue weighted by molar-refractivity contribution is 9.09. The monoisotopic (exact) mass is 606 g/mol. The van der Waals surface area contributed by atoms with Gasteiger partial charge in [-0.05, 0) is 45.4 Å². The Hall–Kier alpha value is -1.64. The molecule has 0 radical (unpaired) electrons. The molecule has 0 aliphatic carbocycles.